The lowest BCUT2D eigenvalue weighted by molar-refractivity contribution is -0.122. The number of rotatable bonds is 5. The van der Waals surface area contributed by atoms with E-state index in [0.717, 1.165) is 24.1 Å². The van der Waals surface area contributed by atoms with E-state index in [4.69, 9.17) is 4.52 Å². The van der Waals surface area contributed by atoms with Gasteiger partial charge >= 0.3 is 0 Å². The van der Waals surface area contributed by atoms with Crippen LogP contribution in [0, 0.1) is 0 Å². The third kappa shape index (κ3) is 3.69. The van der Waals surface area contributed by atoms with Crippen molar-refractivity contribution in [3.8, 4) is 23.0 Å². The minimum atomic E-state index is 0.0251. The average molecular weight is 350 g/mol. The molecule has 0 spiro atoms. The molecule has 0 aliphatic heterocycles. The highest BCUT2D eigenvalue weighted by atomic mass is 16.5. The topological polar surface area (TPSA) is 73.0 Å². The van der Waals surface area contributed by atoms with Gasteiger partial charge in [-0.3, -0.25) is 4.79 Å². The first-order valence-electron chi connectivity index (χ1n) is 9.13. The molecule has 1 aliphatic rings. The lowest BCUT2D eigenvalue weighted by Crippen LogP contribution is -2.38. The van der Waals surface area contributed by atoms with Crippen molar-refractivity contribution in [2.75, 3.05) is 0 Å². The van der Waals surface area contributed by atoms with Gasteiger partial charge in [-0.2, -0.15) is 4.98 Å². The van der Waals surface area contributed by atoms with Crippen molar-refractivity contribution >= 4 is 5.91 Å². The summed E-state index contributed by atoms with van der Waals surface area (Å²) in [6, 6.07) is 13.8. The molecule has 0 saturated heterocycles. The predicted octanol–water partition coefficient (Wildman–Crippen LogP) is 3.65. The van der Waals surface area contributed by atoms with E-state index in [1.54, 1.807) is 0 Å². The normalized spacial score (nSPS) is 15.1. The lowest BCUT2D eigenvalue weighted by Gasteiger charge is -2.23. The quantitative estimate of drug-likeness (QED) is 0.762. The SMILES string of the molecule is O=C(Cn1cccc1-c1nc(-c2ccccc2)no1)NC1CCCCC1. The monoisotopic (exact) mass is 350 g/mol. The summed E-state index contributed by atoms with van der Waals surface area (Å²) < 4.78 is 7.27. The van der Waals surface area contributed by atoms with E-state index in [1.165, 1.54) is 19.3 Å². The van der Waals surface area contributed by atoms with E-state index in [1.807, 2.05) is 53.2 Å². The van der Waals surface area contributed by atoms with E-state index in [9.17, 15) is 4.79 Å². The molecule has 0 radical (unpaired) electrons. The molecular weight excluding hydrogens is 328 g/mol. The van der Waals surface area contributed by atoms with Gasteiger partial charge < -0.3 is 14.4 Å². The molecule has 1 amide bonds. The summed E-state index contributed by atoms with van der Waals surface area (Å²) in [5.41, 5.74) is 1.65. The minimum Gasteiger partial charge on any atom is -0.352 e. The highest BCUT2D eigenvalue weighted by Crippen LogP contribution is 2.23. The van der Waals surface area contributed by atoms with E-state index in [0.29, 0.717) is 17.8 Å². The predicted molar refractivity (Wildman–Crippen MR) is 98.2 cm³/mol. The summed E-state index contributed by atoms with van der Waals surface area (Å²) in [6.07, 6.45) is 7.69. The molecule has 1 aromatic carbocycles. The van der Waals surface area contributed by atoms with Gasteiger partial charge in [0.05, 0.1) is 0 Å². The number of nitrogens with zero attached hydrogens (tertiary/aromatic N) is 3. The Hall–Kier alpha value is -2.89. The van der Waals surface area contributed by atoms with Crippen LogP contribution in [0.25, 0.3) is 23.0 Å². The lowest BCUT2D eigenvalue weighted by atomic mass is 9.95. The summed E-state index contributed by atoms with van der Waals surface area (Å²) in [5, 5.41) is 7.20. The first-order valence-corrected chi connectivity index (χ1v) is 9.13. The van der Waals surface area contributed by atoms with Crippen molar-refractivity contribution in [3.63, 3.8) is 0 Å². The summed E-state index contributed by atoms with van der Waals surface area (Å²) in [7, 11) is 0. The number of benzene rings is 1. The maximum Gasteiger partial charge on any atom is 0.274 e. The van der Waals surface area contributed by atoms with Gasteiger partial charge in [0.15, 0.2) is 0 Å². The fraction of sp³-hybridized carbons (Fsp3) is 0.350. The summed E-state index contributed by atoms with van der Waals surface area (Å²) in [5.74, 6) is 0.983. The fourth-order valence-electron chi connectivity index (χ4n) is 3.45. The molecule has 0 bridgehead atoms. The van der Waals surface area contributed by atoms with E-state index in [2.05, 4.69) is 15.5 Å². The number of amides is 1. The van der Waals surface area contributed by atoms with Crippen LogP contribution in [0.15, 0.2) is 53.2 Å². The Morgan fingerprint density at radius 2 is 1.92 bits per heavy atom. The summed E-state index contributed by atoms with van der Waals surface area (Å²) >= 11 is 0. The molecule has 1 saturated carbocycles. The Balaban J connectivity index is 1.47. The number of hydrogen-bond acceptors (Lipinski definition) is 4. The first-order chi connectivity index (χ1) is 12.8. The largest absolute Gasteiger partial charge is 0.352 e. The second kappa shape index (κ2) is 7.56. The second-order valence-corrected chi connectivity index (χ2v) is 6.71. The summed E-state index contributed by atoms with van der Waals surface area (Å²) in [6.45, 7) is 0.252. The molecule has 134 valence electrons. The van der Waals surface area contributed by atoms with Gasteiger partial charge in [0.25, 0.3) is 5.89 Å². The van der Waals surface area contributed by atoms with Gasteiger partial charge in [-0.15, -0.1) is 0 Å². The van der Waals surface area contributed by atoms with Crippen LogP contribution >= 0.6 is 0 Å². The first kappa shape index (κ1) is 16.6. The van der Waals surface area contributed by atoms with Crippen LogP contribution in [0.3, 0.4) is 0 Å². The Labute approximate surface area is 152 Å². The van der Waals surface area contributed by atoms with Crippen LogP contribution < -0.4 is 5.32 Å². The maximum absolute atomic E-state index is 12.4. The molecule has 2 aromatic heterocycles. The van der Waals surface area contributed by atoms with Crippen molar-refractivity contribution in [3.05, 3.63) is 48.7 Å². The van der Waals surface area contributed by atoms with Crippen molar-refractivity contribution in [1.82, 2.24) is 20.0 Å². The third-order valence-electron chi connectivity index (χ3n) is 4.79. The smallest absolute Gasteiger partial charge is 0.274 e. The molecule has 0 atom stereocenters. The average Bonchev–Trinajstić information content (AvgIpc) is 3.32. The number of hydrogen-bond donors (Lipinski definition) is 1. The van der Waals surface area contributed by atoms with Crippen molar-refractivity contribution < 1.29 is 9.32 Å². The molecule has 6 nitrogen and oxygen atoms in total. The van der Waals surface area contributed by atoms with Crippen molar-refractivity contribution in [2.45, 2.75) is 44.7 Å². The van der Waals surface area contributed by atoms with Gasteiger partial charge in [0, 0.05) is 17.8 Å². The van der Waals surface area contributed by atoms with Crippen LogP contribution in [0.4, 0.5) is 0 Å². The summed E-state index contributed by atoms with van der Waals surface area (Å²) in [4.78, 5) is 16.9. The number of aromatic nitrogens is 3. The molecule has 2 heterocycles. The number of carbonyl (C=O) groups is 1. The van der Waals surface area contributed by atoms with Crippen LogP contribution in [0.2, 0.25) is 0 Å². The Morgan fingerprint density at radius 3 is 2.73 bits per heavy atom. The Bertz CT molecular complexity index is 863. The molecule has 3 aromatic rings. The van der Waals surface area contributed by atoms with E-state index < -0.39 is 0 Å². The van der Waals surface area contributed by atoms with Crippen LogP contribution in [-0.4, -0.2) is 26.7 Å². The highest BCUT2D eigenvalue weighted by molar-refractivity contribution is 5.76. The molecule has 0 unspecified atom stereocenters. The number of carbonyl (C=O) groups excluding carboxylic acids is 1. The van der Waals surface area contributed by atoms with Gasteiger partial charge in [0.2, 0.25) is 11.7 Å². The van der Waals surface area contributed by atoms with E-state index >= 15 is 0 Å². The van der Waals surface area contributed by atoms with Crippen LogP contribution in [0.5, 0.6) is 0 Å². The highest BCUT2D eigenvalue weighted by Gasteiger charge is 2.18. The van der Waals surface area contributed by atoms with Crippen LogP contribution in [0.1, 0.15) is 32.1 Å². The molecule has 1 fully saturated rings. The molecule has 6 heteroatoms. The third-order valence-corrected chi connectivity index (χ3v) is 4.79. The molecule has 4 rings (SSSR count). The zero-order chi connectivity index (χ0) is 17.8. The van der Waals surface area contributed by atoms with Crippen molar-refractivity contribution in [1.29, 1.82) is 0 Å². The van der Waals surface area contributed by atoms with Gasteiger partial charge in [0.1, 0.15) is 12.2 Å². The Morgan fingerprint density at radius 1 is 1.12 bits per heavy atom. The van der Waals surface area contributed by atoms with Gasteiger partial charge in [-0.25, -0.2) is 0 Å². The molecular formula is C20H22N4O2. The standard InChI is InChI=1S/C20H22N4O2/c25-18(21-16-10-5-2-6-11-16)14-24-13-7-12-17(24)20-22-19(23-26-20)15-8-3-1-4-9-15/h1,3-4,7-9,12-13,16H,2,5-6,10-11,14H2,(H,21,25). The van der Waals surface area contributed by atoms with Crippen LogP contribution in [-0.2, 0) is 11.3 Å². The molecule has 1 N–H and O–H groups in total. The zero-order valence-electron chi connectivity index (χ0n) is 14.6. The second-order valence-electron chi connectivity index (χ2n) is 6.71. The molecule has 1 aliphatic carbocycles. The Kier molecular flexibility index (Phi) is 4.82. The fourth-order valence-corrected chi connectivity index (χ4v) is 3.45. The molecule has 26 heavy (non-hydrogen) atoms. The maximum atomic E-state index is 12.4. The van der Waals surface area contributed by atoms with Gasteiger partial charge in [-0.05, 0) is 25.0 Å². The minimum absolute atomic E-state index is 0.0251. The zero-order valence-corrected chi connectivity index (χ0v) is 14.6. The number of nitrogens with one attached hydrogen (secondary N) is 1. The van der Waals surface area contributed by atoms with Gasteiger partial charge in [-0.1, -0.05) is 54.8 Å². The van der Waals surface area contributed by atoms with E-state index in [-0.39, 0.29) is 12.5 Å². The van der Waals surface area contributed by atoms with Crippen molar-refractivity contribution in [2.24, 2.45) is 0 Å².